The second-order valence-corrected chi connectivity index (χ2v) is 7.85. The van der Waals surface area contributed by atoms with Crippen LogP contribution in [0.25, 0.3) is 0 Å². The van der Waals surface area contributed by atoms with E-state index in [-0.39, 0.29) is 18.0 Å². The van der Waals surface area contributed by atoms with Crippen LogP contribution in [0.1, 0.15) is 28.4 Å². The van der Waals surface area contributed by atoms with Crippen LogP contribution < -0.4 is 16.1 Å². The number of rotatable bonds is 10. The number of carbonyl (C=O) groups is 3. The van der Waals surface area contributed by atoms with Gasteiger partial charge in [0.05, 0.1) is 19.3 Å². The Balaban J connectivity index is 1.94. The van der Waals surface area contributed by atoms with E-state index < -0.39 is 24.0 Å². The van der Waals surface area contributed by atoms with Crippen molar-refractivity contribution in [2.75, 3.05) is 39.2 Å². The van der Waals surface area contributed by atoms with E-state index in [9.17, 15) is 19.5 Å². The Labute approximate surface area is 204 Å². The molecule has 186 valence electrons. The van der Waals surface area contributed by atoms with Gasteiger partial charge in [0.2, 0.25) is 5.91 Å². The molecule has 0 aliphatic carbocycles. The van der Waals surface area contributed by atoms with E-state index in [1.165, 1.54) is 24.5 Å². The topological polar surface area (TPSA) is 140 Å². The second kappa shape index (κ2) is 13.8. The number of hydroxylamine groups is 1. The maximum absolute atomic E-state index is 12.3. The van der Waals surface area contributed by atoms with Gasteiger partial charge in [0, 0.05) is 36.0 Å². The number of ether oxygens (including phenoxy) is 1. The summed E-state index contributed by atoms with van der Waals surface area (Å²) in [6, 6.07) is 12.2. The van der Waals surface area contributed by atoms with Crippen molar-refractivity contribution in [1.29, 1.82) is 0 Å². The van der Waals surface area contributed by atoms with E-state index in [0.29, 0.717) is 24.4 Å². The van der Waals surface area contributed by atoms with Crippen LogP contribution >= 0.6 is 0 Å². The van der Waals surface area contributed by atoms with Gasteiger partial charge in [0.15, 0.2) is 0 Å². The number of hydrogen-bond acceptors (Lipinski definition) is 7. The van der Waals surface area contributed by atoms with Gasteiger partial charge in [0.25, 0.3) is 11.8 Å². The van der Waals surface area contributed by atoms with Crippen molar-refractivity contribution in [1.82, 2.24) is 15.7 Å². The highest BCUT2D eigenvalue weighted by atomic mass is 16.5. The number of nitrogens with zero attached hydrogens (tertiary/aromatic N) is 1. The average molecular weight is 483 g/mol. The van der Waals surface area contributed by atoms with Gasteiger partial charge in [-0.05, 0) is 62.5 Å². The number of nitrogens with one attached hydrogen (secondary N) is 3. The molecular weight excluding hydrogens is 452 g/mol. The third-order valence-electron chi connectivity index (χ3n) is 4.92. The molecule has 0 aliphatic rings. The van der Waals surface area contributed by atoms with E-state index >= 15 is 0 Å². The van der Waals surface area contributed by atoms with Gasteiger partial charge in [-0.15, -0.1) is 0 Å². The minimum absolute atomic E-state index is 0.122. The predicted octanol–water partition coefficient (Wildman–Crippen LogP) is 0.588. The summed E-state index contributed by atoms with van der Waals surface area (Å²) >= 11 is 0. The molecule has 35 heavy (non-hydrogen) atoms. The molecular formula is C25H30N4O6. The van der Waals surface area contributed by atoms with E-state index in [1.54, 1.807) is 43.5 Å². The number of amides is 3. The van der Waals surface area contributed by atoms with Crippen LogP contribution in [0.3, 0.4) is 0 Å². The Kier molecular flexibility index (Phi) is 10.9. The lowest BCUT2D eigenvalue weighted by Crippen LogP contribution is -2.51. The summed E-state index contributed by atoms with van der Waals surface area (Å²) < 4.78 is 5.00. The molecule has 0 aliphatic heterocycles. The predicted molar refractivity (Wildman–Crippen MR) is 130 cm³/mol. The highest BCUT2D eigenvalue weighted by Crippen LogP contribution is 2.10. The van der Waals surface area contributed by atoms with Gasteiger partial charge < -0.3 is 20.5 Å². The Morgan fingerprint density at radius 1 is 1.03 bits per heavy atom. The van der Waals surface area contributed by atoms with E-state index in [4.69, 9.17) is 9.94 Å². The fourth-order valence-electron chi connectivity index (χ4n) is 2.96. The molecule has 10 heteroatoms. The quantitative estimate of drug-likeness (QED) is 0.190. The molecule has 0 bridgehead atoms. The van der Waals surface area contributed by atoms with Crippen LogP contribution in [-0.4, -0.2) is 78.9 Å². The SMILES string of the molecule is COCCN(C)CC(=O)Nc1ccc(C#Cc2ccc(C(=O)N[C@H](C(=O)NO)[C@@H](C)O)cc2)cc1. The fraction of sp³-hybridized carbons (Fsp3) is 0.320. The monoisotopic (exact) mass is 482 g/mol. The smallest absolute Gasteiger partial charge is 0.268 e. The van der Waals surface area contributed by atoms with Gasteiger partial charge in [-0.3, -0.25) is 24.5 Å². The zero-order valence-electron chi connectivity index (χ0n) is 19.9. The first kappa shape index (κ1) is 27.5. The minimum Gasteiger partial charge on any atom is -0.391 e. The summed E-state index contributed by atoms with van der Waals surface area (Å²) in [7, 11) is 3.46. The van der Waals surface area contributed by atoms with Crippen LogP contribution in [0, 0.1) is 11.8 Å². The molecule has 2 aromatic carbocycles. The van der Waals surface area contributed by atoms with Crippen molar-refractivity contribution >= 4 is 23.4 Å². The molecule has 10 nitrogen and oxygen atoms in total. The molecule has 0 aromatic heterocycles. The first-order valence-electron chi connectivity index (χ1n) is 10.9. The molecule has 2 aromatic rings. The van der Waals surface area contributed by atoms with E-state index in [2.05, 4.69) is 22.5 Å². The molecule has 2 rings (SSSR count). The summed E-state index contributed by atoms with van der Waals surface area (Å²) in [6.07, 6.45) is -1.20. The number of methoxy groups -OCH3 is 1. The number of aliphatic hydroxyl groups is 1. The van der Waals surface area contributed by atoms with Gasteiger partial charge in [-0.2, -0.15) is 0 Å². The summed E-state index contributed by atoms with van der Waals surface area (Å²) in [6.45, 7) is 2.79. The van der Waals surface area contributed by atoms with Crippen LogP contribution in [0.4, 0.5) is 5.69 Å². The molecule has 0 saturated carbocycles. The average Bonchev–Trinajstić information content (AvgIpc) is 2.85. The lowest BCUT2D eigenvalue weighted by molar-refractivity contribution is -0.133. The Morgan fingerprint density at radius 2 is 1.60 bits per heavy atom. The van der Waals surface area contributed by atoms with E-state index in [0.717, 1.165) is 5.56 Å². The molecule has 0 heterocycles. The van der Waals surface area contributed by atoms with Crippen molar-refractivity contribution in [2.45, 2.75) is 19.1 Å². The zero-order valence-corrected chi connectivity index (χ0v) is 19.9. The maximum atomic E-state index is 12.3. The first-order valence-corrected chi connectivity index (χ1v) is 10.9. The standard InChI is InChI=1S/C25H30N4O6/c1-17(30)23(25(33)28-34)27-24(32)20-10-6-18(7-11-20)4-5-19-8-12-21(13-9-19)26-22(31)16-29(2)14-15-35-3/h6-13,17,23,30,34H,14-16H2,1-3H3,(H,26,31)(H,27,32)(H,28,33)/t17-,23+/m1/s1. The lowest BCUT2D eigenvalue weighted by atomic mass is 10.1. The molecule has 0 spiro atoms. The van der Waals surface area contributed by atoms with Crippen LogP contribution in [-0.2, 0) is 14.3 Å². The molecule has 0 fully saturated rings. The van der Waals surface area contributed by atoms with Crippen molar-refractivity contribution < 1.29 is 29.4 Å². The lowest BCUT2D eigenvalue weighted by Gasteiger charge is -2.19. The van der Waals surface area contributed by atoms with Crippen LogP contribution in [0.5, 0.6) is 0 Å². The van der Waals surface area contributed by atoms with Crippen LogP contribution in [0.15, 0.2) is 48.5 Å². The molecule has 0 unspecified atom stereocenters. The fourth-order valence-corrected chi connectivity index (χ4v) is 2.96. The maximum Gasteiger partial charge on any atom is 0.268 e. The number of carbonyl (C=O) groups excluding carboxylic acids is 3. The van der Waals surface area contributed by atoms with Crippen molar-refractivity contribution in [3.63, 3.8) is 0 Å². The second-order valence-electron chi connectivity index (χ2n) is 7.85. The normalized spacial score (nSPS) is 12.2. The number of hydrogen-bond donors (Lipinski definition) is 5. The first-order chi connectivity index (χ1) is 16.7. The van der Waals surface area contributed by atoms with Crippen molar-refractivity contribution in [3.05, 3.63) is 65.2 Å². The van der Waals surface area contributed by atoms with Crippen LogP contribution in [0.2, 0.25) is 0 Å². The third-order valence-corrected chi connectivity index (χ3v) is 4.92. The summed E-state index contributed by atoms with van der Waals surface area (Å²) in [4.78, 5) is 37.9. The molecule has 2 atom stereocenters. The highest BCUT2D eigenvalue weighted by molar-refractivity contribution is 5.97. The Morgan fingerprint density at radius 3 is 2.11 bits per heavy atom. The number of anilines is 1. The van der Waals surface area contributed by atoms with Gasteiger partial charge in [-0.25, -0.2) is 5.48 Å². The minimum atomic E-state index is -1.30. The van der Waals surface area contributed by atoms with Gasteiger partial charge in [0.1, 0.15) is 6.04 Å². The van der Waals surface area contributed by atoms with Gasteiger partial charge >= 0.3 is 0 Å². The molecule has 0 radical (unpaired) electrons. The van der Waals surface area contributed by atoms with E-state index in [1.807, 2.05) is 11.9 Å². The summed E-state index contributed by atoms with van der Waals surface area (Å²) in [5.74, 6) is 4.39. The highest BCUT2D eigenvalue weighted by Gasteiger charge is 2.25. The molecule has 3 amide bonds. The van der Waals surface area contributed by atoms with Crippen molar-refractivity contribution in [3.8, 4) is 11.8 Å². The number of likely N-dealkylation sites (N-methyl/N-ethyl adjacent to an activating group) is 1. The Bertz CT molecular complexity index is 1060. The Hall–Kier alpha value is -3.75. The van der Waals surface area contributed by atoms with Gasteiger partial charge in [-0.1, -0.05) is 11.8 Å². The third kappa shape index (κ3) is 9.19. The summed E-state index contributed by atoms with van der Waals surface area (Å²) in [5.41, 5.74) is 3.76. The van der Waals surface area contributed by atoms with Crippen molar-refractivity contribution in [2.24, 2.45) is 0 Å². The zero-order chi connectivity index (χ0) is 25.8. The molecule has 5 N–H and O–H groups in total. The number of aliphatic hydroxyl groups excluding tert-OH is 1. The molecule has 0 saturated heterocycles. The summed E-state index contributed by atoms with van der Waals surface area (Å²) in [5, 5.41) is 23.6. The largest absolute Gasteiger partial charge is 0.391 e. The number of benzene rings is 2.